The molecule has 0 saturated carbocycles. The molecule has 0 aliphatic carbocycles. The number of aryl methyl sites for hydroxylation is 2. The van der Waals surface area contributed by atoms with Crippen molar-refractivity contribution in [2.24, 2.45) is 0 Å². The first-order chi connectivity index (χ1) is 18.3. The van der Waals surface area contributed by atoms with Crippen LogP contribution < -0.4 is 14.4 Å². The van der Waals surface area contributed by atoms with Crippen molar-refractivity contribution in [3.63, 3.8) is 0 Å². The van der Waals surface area contributed by atoms with Gasteiger partial charge in [0, 0.05) is 13.1 Å². The van der Waals surface area contributed by atoms with E-state index in [1.807, 2.05) is 32.0 Å². The van der Waals surface area contributed by atoms with Gasteiger partial charge < -0.3 is 10.1 Å². The number of hydrogen-bond acceptors (Lipinski definition) is 5. The second-order valence-electron chi connectivity index (χ2n) is 10.3. The van der Waals surface area contributed by atoms with Crippen LogP contribution in [0.5, 0.6) is 5.75 Å². The Hall–Kier alpha value is -3.36. The van der Waals surface area contributed by atoms with E-state index in [9.17, 15) is 13.2 Å². The first kappa shape index (κ1) is 26.3. The molecule has 1 saturated heterocycles. The average Bonchev–Trinajstić information content (AvgIpc) is 2.92. The summed E-state index contributed by atoms with van der Waals surface area (Å²) in [6.07, 6.45) is 2.88. The highest BCUT2D eigenvalue weighted by atomic mass is 32.2. The third-order valence-electron chi connectivity index (χ3n) is 7.23. The van der Waals surface area contributed by atoms with Crippen LogP contribution in [0, 0.1) is 13.8 Å². The maximum Gasteiger partial charge on any atom is 0.264 e. The van der Waals surface area contributed by atoms with Gasteiger partial charge in [0.1, 0.15) is 5.75 Å². The fraction of sp³-hybridized carbons (Fsp3) is 0.367. The molecule has 2 aliphatic rings. The molecule has 0 spiro atoms. The number of fused-ring (bicyclic) bond motifs is 1. The zero-order valence-corrected chi connectivity index (χ0v) is 22.8. The van der Waals surface area contributed by atoms with E-state index in [1.165, 1.54) is 29.1 Å². The summed E-state index contributed by atoms with van der Waals surface area (Å²) >= 11 is 0. The summed E-state index contributed by atoms with van der Waals surface area (Å²) in [5.74, 6) is 0.0350. The van der Waals surface area contributed by atoms with Gasteiger partial charge in [0.15, 0.2) is 6.10 Å². The fourth-order valence-electron chi connectivity index (χ4n) is 5.00. The van der Waals surface area contributed by atoms with Gasteiger partial charge in [-0.15, -0.1) is 0 Å². The Kier molecular flexibility index (Phi) is 7.72. The second kappa shape index (κ2) is 11.2. The Labute approximate surface area is 225 Å². The monoisotopic (exact) mass is 533 g/mol. The van der Waals surface area contributed by atoms with Crippen molar-refractivity contribution in [1.29, 1.82) is 0 Å². The molecule has 0 radical (unpaired) electrons. The predicted octanol–water partition coefficient (Wildman–Crippen LogP) is 4.56. The normalized spacial score (nSPS) is 17.9. The number of rotatable bonds is 7. The van der Waals surface area contributed by atoms with E-state index in [1.54, 1.807) is 36.4 Å². The van der Waals surface area contributed by atoms with Crippen molar-refractivity contribution in [1.82, 2.24) is 10.2 Å². The topological polar surface area (TPSA) is 79.0 Å². The average molecular weight is 534 g/mol. The van der Waals surface area contributed by atoms with Gasteiger partial charge >= 0.3 is 0 Å². The number of carbonyl (C=O) groups excluding carboxylic acids is 1. The number of ether oxygens (including phenoxy) is 1. The van der Waals surface area contributed by atoms with E-state index in [0.29, 0.717) is 18.0 Å². The molecule has 8 heteroatoms. The molecule has 2 aliphatic heterocycles. The van der Waals surface area contributed by atoms with Gasteiger partial charge in [-0.3, -0.25) is 14.0 Å². The molecule has 0 bridgehead atoms. The van der Waals surface area contributed by atoms with Crippen LogP contribution in [-0.2, 0) is 27.9 Å². The van der Waals surface area contributed by atoms with Crippen LogP contribution in [0.1, 0.15) is 41.5 Å². The third kappa shape index (κ3) is 5.87. The lowest BCUT2D eigenvalue weighted by Crippen LogP contribution is -2.50. The largest absolute Gasteiger partial charge is 0.476 e. The minimum absolute atomic E-state index is 0.104. The summed E-state index contributed by atoms with van der Waals surface area (Å²) in [6.45, 7) is 7.30. The first-order valence-electron chi connectivity index (χ1n) is 13.2. The Morgan fingerprint density at radius 2 is 1.55 bits per heavy atom. The molecule has 1 fully saturated rings. The van der Waals surface area contributed by atoms with Crippen molar-refractivity contribution in [2.45, 2.75) is 57.2 Å². The van der Waals surface area contributed by atoms with Crippen molar-refractivity contribution in [3.8, 4) is 5.75 Å². The summed E-state index contributed by atoms with van der Waals surface area (Å²) in [5.41, 5.74) is 4.57. The quantitative estimate of drug-likeness (QED) is 0.482. The molecule has 3 aromatic carbocycles. The van der Waals surface area contributed by atoms with Crippen LogP contribution in [0.4, 0.5) is 5.69 Å². The fourth-order valence-corrected chi connectivity index (χ4v) is 6.48. The highest BCUT2D eigenvalue weighted by Gasteiger charge is 2.37. The summed E-state index contributed by atoms with van der Waals surface area (Å²) in [5, 5.41) is 2.94. The summed E-state index contributed by atoms with van der Waals surface area (Å²) in [6, 6.07) is 20.4. The number of sulfonamides is 1. The van der Waals surface area contributed by atoms with Crippen molar-refractivity contribution in [3.05, 3.63) is 89.0 Å². The molecule has 1 atom stereocenters. The molecule has 200 valence electrons. The van der Waals surface area contributed by atoms with Crippen LogP contribution in [0.2, 0.25) is 0 Å². The van der Waals surface area contributed by atoms with Crippen molar-refractivity contribution >= 4 is 21.6 Å². The lowest BCUT2D eigenvalue weighted by atomic mass is 10.1. The lowest BCUT2D eigenvalue weighted by Gasteiger charge is -2.35. The van der Waals surface area contributed by atoms with E-state index in [-0.39, 0.29) is 17.3 Å². The van der Waals surface area contributed by atoms with E-state index < -0.39 is 16.1 Å². The molecule has 0 unspecified atom stereocenters. The first-order valence-corrected chi connectivity index (χ1v) is 14.7. The lowest BCUT2D eigenvalue weighted by molar-refractivity contribution is -0.127. The number of nitrogens with zero attached hydrogens (tertiary/aromatic N) is 2. The molecule has 1 N–H and O–H groups in total. The SMILES string of the molecule is Cc1ccc(S(=O)(=O)N2C[C@H](C(=O)NCc3ccc(CN4CCCCC4)cc3)Oc3cc(C)ccc32)cc1. The van der Waals surface area contributed by atoms with E-state index >= 15 is 0 Å². The van der Waals surface area contributed by atoms with E-state index in [0.717, 1.165) is 36.3 Å². The van der Waals surface area contributed by atoms with Crippen LogP contribution in [0.25, 0.3) is 0 Å². The molecule has 2 heterocycles. The number of piperidine rings is 1. The minimum Gasteiger partial charge on any atom is -0.476 e. The number of nitrogens with one attached hydrogen (secondary N) is 1. The Bertz CT molecular complexity index is 1380. The molecule has 0 aromatic heterocycles. The summed E-state index contributed by atoms with van der Waals surface area (Å²) < 4.78 is 34.5. The number of hydrogen-bond donors (Lipinski definition) is 1. The number of amides is 1. The third-order valence-corrected chi connectivity index (χ3v) is 9.02. The van der Waals surface area contributed by atoms with Gasteiger partial charge in [0.2, 0.25) is 0 Å². The van der Waals surface area contributed by atoms with Gasteiger partial charge in [-0.05, 0) is 80.7 Å². The van der Waals surface area contributed by atoms with Gasteiger partial charge in [-0.2, -0.15) is 0 Å². The number of likely N-dealkylation sites (tertiary alicyclic amines) is 1. The van der Waals surface area contributed by atoms with Crippen molar-refractivity contribution < 1.29 is 17.9 Å². The molecule has 1 amide bonds. The molecule has 38 heavy (non-hydrogen) atoms. The number of benzene rings is 3. The summed E-state index contributed by atoms with van der Waals surface area (Å²) in [4.78, 5) is 15.8. The number of carbonyl (C=O) groups is 1. The van der Waals surface area contributed by atoms with Gasteiger partial charge in [0.05, 0.1) is 17.1 Å². The van der Waals surface area contributed by atoms with Crippen LogP contribution in [-0.4, -0.2) is 45.0 Å². The van der Waals surface area contributed by atoms with Gasteiger partial charge in [-0.25, -0.2) is 8.42 Å². The molecule has 5 rings (SSSR count). The Morgan fingerprint density at radius 3 is 2.26 bits per heavy atom. The maximum atomic E-state index is 13.6. The highest BCUT2D eigenvalue weighted by molar-refractivity contribution is 7.92. The van der Waals surface area contributed by atoms with E-state index in [2.05, 4.69) is 22.3 Å². The minimum atomic E-state index is -3.89. The van der Waals surface area contributed by atoms with Crippen LogP contribution in [0.3, 0.4) is 0 Å². The Morgan fingerprint density at radius 1 is 0.895 bits per heavy atom. The maximum absolute atomic E-state index is 13.6. The zero-order valence-electron chi connectivity index (χ0n) is 22.0. The zero-order chi connectivity index (χ0) is 26.7. The van der Waals surface area contributed by atoms with Gasteiger partial charge in [-0.1, -0.05) is 54.4 Å². The van der Waals surface area contributed by atoms with E-state index in [4.69, 9.17) is 4.74 Å². The molecule has 3 aromatic rings. The Balaban J connectivity index is 1.28. The molecule has 7 nitrogen and oxygen atoms in total. The summed E-state index contributed by atoms with van der Waals surface area (Å²) in [7, 11) is -3.89. The standard InChI is InChI=1S/C30H35N3O4S/c1-22-6-13-26(14-7-22)38(35,36)33-21-29(37-28-18-23(2)8-15-27(28)33)30(34)31-19-24-9-11-25(12-10-24)20-32-16-4-3-5-17-32/h6-15,18,29H,3-5,16-17,19-21H2,1-2H3,(H,31,34)/t29-/m1/s1. The van der Waals surface area contributed by atoms with Crippen molar-refractivity contribution in [2.75, 3.05) is 23.9 Å². The van der Waals surface area contributed by atoms with Crippen LogP contribution >= 0.6 is 0 Å². The smallest absolute Gasteiger partial charge is 0.264 e. The highest BCUT2D eigenvalue weighted by Crippen LogP contribution is 2.37. The second-order valence-corrected chi connectivity index (χ2v) is 12.2. The van der Waals surface area contributed by atoms with Gasteiger partial charge in [0.25, 0.3) is 15.9 Å². The van der Waals surface area contributed by atoms with Crippen LogP contribution in [0.15, 0.2) is 71.6 Å². The molecular weight excluding hydrogens is 498 g/mol. The number of anilines is 1. The predicted molar refractivity (Wildman–Crippen MR) is 149 cm³/mol. The molecular formula is C30H35N3O4S.